The second-order valence-corrected chi connectivity index (χ2v) is 9.02. The van der Waals surface area contributed by atoms with Gasteiger partial charge in [0.05, 0.1) is 22.3 Å². The summed E-state index contributed by atoms with van der Waals surface area (Å²) in [5.41, 5.74) is 4.15. The minimum Gasteiger partial charge on any atom is -0.449 e. The van der Waals surface area contributed by atoms with E-state index in [2.05, 4.69) is 20.3 Å². The number of hydrogen-bond acceptors (Lipinski definition) is 6. The fraction of sp³-hybridized carbons (Fsp3) is 0.0769. The van der Waals surface area contributed by atoms with E-state index in [0.29, 0.717) is 32.8 Å². The van der Waals surface area contributed by atoms with E-state index in [1.165, 1.54) is 18.3 Å². The minimum atomic E-state index is -1.03. The first-order valence-corrected chi connectivity index (χ1v) is 12.0. The monoisotopic (exact) mass is 502 g/mol. The summed E-state index contributed by atoms with van der Waals surface area (Å²) in [5, 5.41) is 5.59. The fourth-order valence-electron chi connectivity index (χ4n) is 3.52. The van der Waals surface area contributed by atoms with Crippen LogP contribution in [0.4, 0.5) is 5.13 Å². The molecule has 5 aromatic rings. The summed E-state index contributed by atoms with van der Waals surface area (Å²) in [4.78, 5) is 37.9. The minimum absolute atomic E-state index is 0.311. The number of hydrogen-bond donors (Lipinski definition) is 2. The molecule has 0 saturated heterocycles. The van der Waals surface area contributed by atoms with Crippen molar-refractivity contribution in [2.24, 2.45) is 0 Å². The molecule has 5 rings (SSSR count). The second-order valence-electron chi connectivity index (χ2n) is 7.73. The maximum atomic E-state index is 13.0. The predicted molar refractivity (Wildman–Crippen MR) is 138 cm³/mol. The molecule has 1 unspecified atom stereocenters. The van der Waals surface area contributed by atoms with E-state index in [-0.39, 0.29) is 0 Å². The van der Waals surface area contributed by atoms with Crippen LogP contribution in [0.3, 0.4) is 0 Å². The van der Waals surface area contributed by atoms with Crippen LogP contribution in [-0.4, -0.2) is 32.9 Å². The lowest BCUT2D eigenvalue weighted by Gasteiger charge is -2.13. The highest BCUT2D eigenvalue weighted by molar-refractivity contribution is 7.14. The molecule has 9 heteroatoms. The van der Waals surface area contributed by atoms with Gasteiger partial charge in [-0.1, -0.05) is 54.1 Å². The van der Waals surface area contributed by atoms with Gasteiger partial charge in [-0.2, -0.15) is 0 Å². The zero-order valence-corrected chi connectivity index (χ0v) is 20.1. The fourth-order valence-corrected chi connectivity index (χ4v) is 4.37. The smallest absolute Gasteiger partial charge is 0.339 e. The maximum absolute atomic E-state index is 13.0. The van der Waals surface area contributed by atoms with Gasteiger partial charge in [-0.3, -0.25) is 10.1 Å². The van der Waals surface area contributed by atoms with Gasteiger partial charge in [0.25, 0.3) is 5.91 Å². The zero-order valence-electron chi connectivity index (χ0n) is 18.5. The van der Waals surface area contributed by atoms with Crippen molar-refractivity contribution in [3.63, 3.8) is 0 Å². The van der Waals surface area contributed by atoms with Crippen LogP contribution in [0.1, 0.15) is 17.3 Å². The number of ether oxygens (including phenoxy) is 1. The summed E-state index contributed by atoms with van der Waals surface area (Å²) in [6.07, 6.45) is -1.03. The Balaban J connectivity index is 1.28. The molecule has 0 aliphatic rings. The standard InChI is InChI=1S/C26H19ClN4O3S/c1-15(24(32)31-26-30-22(14-35-26)16-10-12-17(27)13-11-16)34-25(33)19-7-3-2-6-18(19)23-28-20-8-4-5-9-21(20)29-23/h2-15H,1H3,(H,28,29)(H,30,31,32). The van der Waals surface area contributed by atoms with Gasteiger partial charge in [0, 0.05) is 21.5 Å². The van der Waals surface area contributed by atoms with Gasteiger partial charge in [0.1, 0.15) is 5.82 Å². The van der Waals surface area contributed by atoms with E-state index < -0.39 is 18.0 Å². The van der Waals surface area contributed by atoms with Gasteiger partial charge < -0.3 is 9.72 Å². The summed E-state index contributed by atoms with van der Waals surface area (Å²) in [6.45, 7) is 1.52. The van der Waals surface area contributed by atoms with Crippen molar-refractivity contribution in [3.8, 4) is 22.6 Å². The van der Waals surface area contributed by atoms with Crippen molar-refractivity contribution in [2.45, 2.75) is 13.0 Å². The third-order valence-electron chi connectivity index (χ3n) is 5.32. The van der Waals surface area contributed by atoms with Crippen molar-refractivity contribution in [3.05, 3.63) is 88.8 Å². The number of aromatic nitrogens is 3. The molecular weight excluding hydrogens is 484 g/mol. The van der Waals surface area contributed by atoms with E-state index in [1.807, 2.05) is 47.8 Å². The molecule has 0 saturated carbocycles. The summed E-state index contributed by atoms with van der Waals surface area (Å²) >= 11 is 7.22. The third-order valence-corrected chi connectivity index (χ3v) is 6.33. The topological polar surface area (TPSA) is 97.0 Å². The van der Waals surface area contributed by atoms with Crippen molar-refractivity contribution in [1.82, 2.24) is 15.0 Å². The highest BCUT2D eigenvalue weighted by atomic mass is 35.5. The van der Waals surface area contributed by atoms with Crippen LogP contribution in [0.25, 0.3) is 33.7 Å². The molecule has 0 aliphatic carbocycles. The predicted octanol–water partition coefficient (Wildman–Crippen LogP) is 6.19. The van der Waals surface area contributed by atoms with Crippen LogP contribution in [0.2, 0.25) is 5.02 Å². The van der Waals surface area contributed by atoms with Gasteiger partial charge in [0.15, 0.2) is 11.2 Å². The third kappa shape index (κ3) is 4.94. The van der Waals surface area contributed by atoms with Crippen LogP contribution in [0.15, 0.2) is 78.2 Å². The lowest BCUT2D eigenvalue weighted by molar-refractivity contribution is -0.123. The normalized spacial score (nSPS) is 11.8. The number of amides is 1. The Bertz CT molecular complexity index is 1490. The van der Waals surface area contributed by atoms with E-state index in [1.54, 1.807) is 30.3 Å². The average Bonchev–Trinajstić information content (AvgIpc) is 3.51. The molecule has 0 aliphatic heterocycles. The number of thiazole rings is 1. The number of fused-ring (bicyclic) bond motifs is 1. The van der Waals surface area contributed by atoms with Crippen LogP contribution >= 0.6 is 22.9 Å². The van der Waals surface area contributed by atoms with E-state index in [9.17, 15) is 9.59 Å². The largest absolute Gasteiger partial charge is 0.449 e. The number of para-hydroxylation sites is 2. The van der Waals surface area contributed by atoms with Crippen molar-refractivity contribution < 1.29 is 14.3 Å². The van der Waals surface area contributed by atoms with Gasteiger partial charge >= 0.3 is 5.97 Å². The van der Waals surface area contributed by atoms with Gasteiger partial charge in [-0.25, -0.2) is 14.8 Å². The quantitative estimate of drug-likeness (QED) is 0.270. The second kappa shape index (κ2) is 9.69. The van der Waals surface area contributed by atoms with Crippen LogP contribution < -0.4 is 5.32 Å². The van der Waals surface area contributed by atoms with E-state index in [0.717, 1.165) is 16.6 Å². The Kier molecular flexibility index (Phi) is 6.31. The first kappa shape index (κ1) is 22.8. The summed E-state index contributed by atoms with van der Waals surface area (Å²) in [5.74, 6) is -0.547. The molecule has 1 amide bonds. The Morgan fingerprint density at radius 2 is 1.74 bits per heavy atom. The van der Waals surface area contributed by atoms with Crippen LogP contribution in [0, 0.1) is 0 Å². The van der Waals surface area contributed by atoms with Crippen molar-refractivity contribution in [1.29, 1.82) is 0 Å². The van der Waals surface area contributed by atoms with Crippen LogP contribution in [0.5, 0.6) is 0 Å². The van der Waals surface area contributed by atoms with Gasteiger partial charge in [-0.15, -0.1) is 11.3 Å². The lowest BCUT2D eigenvalue weighted by Crippen LogP contribution is -2.30. The number of H-pyrrole nitrogens is 1. The number of carbonyl (C=O) groups excluding carboxylic acids is 2. The molecular formula is C26H19ClN4O3S. The molecule has 0 radical (unpaired) electrons. The van der Waals surface area contributed by atoms with E-state index >= 15 is 0 Å². The average molecular weight is 503 g/mol. The molecule has 0 fully saturated rings. The van der Waals surface area contributed by atoms with Crippen LogP contribution in [-0.2, 0) is 9.53 Å². The number of anilines is 1. The molecule has 2 heterocycles. The molecule has 2 aromatic heterocycles. The first-order valence-electron chi connectivity index (χ1n) is 10.8. The Morgan fingerprint density at radius 3 is 2.54 bits per heavy atom. The number of carbonyl (C=O) groups is 2. The highest BCUT2D eigenvalue weighted by Crippen LogP contribution is 2.27. The molecule has 1 atom stereocenters. The molecule has 7 nitrogen and oxygen atoms in total. The number of nitrogens with zero attached hydrogens (tertiary/aromatic N) is 2. The number of benzene rings is 3. The number of esters is 1. The SMILES string of the molecule is CC(OC(=O)c1ccccc1-c1nc2ccccc2[nH]1)C(=O)Nc1nc(-c2ccc(Cl)cc2)cs1. The summed E-state index contributed by atoms with van der Waals surface area (Å²) < 4.78 is 5.48. The van der Waals surface area contributed by atoms with E-state index in [4.69, 9.17) is 16.3 Å². The number of nitrogens with one attached hydrogen (secondary N) is 2. The highest BCUT2D eigenvalue weighted by Gasteiger charge is 2.23. The van der Waals surface area contributed by atoms with Crippen molar-refractivity contribution in [2.75, 3.05) is 5.32 Å². The Hall–Kier alpha value is -4.01. The lowest BCUT2D eigenvalue weighted by atomic mass is 10.1. The van der Waals surface area contributed by atoms with Crippen molar-refractivity contribution >= 4 is 51.0 Å². The molecule has 174 valence electrons. The van der Waals surface area contributed by atoms with Gasteiger partial charge in [0.2, 0.25) is 0 Å². The summed E-state index contributed by atoms with van der Waals surface area (Å²) in [7, 11) is 0. The number of halogens is 1. The molecule has 0 bridgehead atoms. The maximum Gasteiger partial charge on any atom is 0.339 e. The molecule has 35 heavy (non-hydrogen) atoms. The molecule has 3 aromatic carbocycles. The molecule has 0 spiro atoms. The zero-order chi connectivity index (χ0) is 24.4. The number of imidazole rings is 1. The number of rotatable bonds is 6. The summed E-state index contributed by atoms with van der Waals surface area (Å²) in [6, 6.07) is 21.9. The molecule has 2 N–H and O–H groups in total. The first-order chi connectivity index (χ1) is 17.0. The number of aromatic amines is 1. The van der Waals surface area contributed by atoms with Gasteiger partial charge in [-0.05, 0) is 37.3 Å². The Labute approximate surface area is 209 Å². The Morgan fingerprint density at radius 1 is 1.00 bits per heavy atom.